The summed E-state index contributed by atoms with van der Waals surface area (Å²) in [6.45, 7) is 5.48. The van der Waals surface area contributed by atoms with Crippen molar-refractivity contribution in [3.63, 3.8) is 0 Å². The summed E-state index contributed by atoms with van der Waals surface area (Å²) in [5.41, 5.74) is 1.75. The molecule has 128 valence electrons. The second kappa shape index (κ2) is 8.45. The average molecular weight is 350 g/mol. The van der Waals surface area contributed by atoms with E-state index in [0.29, 0.717) is 36.9 Å². The van der Waals surface area contributed by atoms with Crippen molar-refractivity contribution >= 4 is 23.3 Å². The Morgan fingerprint density at radius 2 is 1.79 bits per heavy atom. The number of ether oxygens (including phenoxy) is 2. The first-order valence-corrected chi connectivity index (χ1v) is 8.08. The summed E-state index contributed by atoms with van der Waals surface area (Å²) in [6, 6.07) is 10.5. The van der Waals surface area contributed by atoms with Gasteiger partial charge in [0.15, 0.2) is 11.5 Å². The van der Waals surface area contributed by atoms with Crippen molar-refractivity contribution in [2.75, 3.05) is 18.5 Å². The lowest BCUT2D eigenvalue weighted by Crippen LogP contribution is -2.04. The average Bonchev–Trinajstić information content (AvgIpc) is 2.56. The van der Waals surface area contributed by atoms with E-state index in [0.717, 1.165) is 5.56 Å². The van der Waals surface area contributed by atoms with Crippen molar-refractivity contribution in [1.82, 2.24) is 0 Å². The number of carbonyl (C=O) groups is 1. The van der Waals surface area contributed by atoms with E-state index >= 15 is 0 Å². The minimum absolute atomic E-state index is 0.0726. The fraction of sp³-hybridized carbons (Fsp3) is 0.278. The third kappa shape index (κ3) is 4.55. The van der Waals surface area contributed by atoms with Crippen molar-refractivity contribution < 1.29 is 19.4 Å². The van der Waals surface area contributed by atoms with Gasteiger partial charge in [0, 0.05) is 12.2 Å². The van der Waals surface area contributed by atoms with Crippen molar-refractivity contribution in [3.8, 4) is 11.5 Å². The first-order valence-electron chi connectivity index (χ1n) is 7.70. The zero-order valence-corrected chi connectivity index (χ0v) is 14.4. The Hall–Kier alpha value is -2.40. The highest BCUT2D eigenvalue weighted by Crippen LogP contribution is 2.29. The number of anilines is 1. The first kappa shape index (κ1) is 17.9. The van der Waals surface area contributed by atoms with Gasteiger partial charge >= 0.3 is 5.97 Å². The van der Waals surface area contributed by atoms with Crippen LogP contribution in [0, 0.1) is 0 Å². The lowest BCUT2D eigenvalue weighted by Gasteiger charge is -2.13. The summed E-state index contributed by atoms with van der Waals surface area (Å²) in [6.07, 6.45) is 0. The largest absolute Gasteiger partial charge is 0.490 e. The summed E-state index contributed by atoms with van der Waals surface area (Å²) in [7, 11) is 0. The molecule has 6 heteroatoms. The smallest absolute Gasteiger partial charge is 0.337 e. The molecule has 0 spiro atoms. The van der Waals surface area contributed by atoms with Gasteiger partial charge < -0.3 is 19.9 Å². The number of hydrogen-bond donors (Lipinski definition) is 2. The van der Waals surface area contributed by atoms with Crippen LogP contribution in [0.5, 0.6) is 11.5 Å². The molecule has 0 amide bonds. The molecule has 0 atom stereocenters. The Labute approximate surface area is 146 Å². The Kier molecular flexibility index (Phi) is 6.32. The van der Waals surface area contributed by atoms with Crippen molar-refractivity contribution in [3.05, 3.63) is 52.5 Å². The zero-order valence-electron chi connectivity index (χ0n) is 13.6. The highest BCUT2D eigenvalue weighted by atomic mass is 35.5. The van der Waals surface area contributed by atoms with Crippen LogP contribution in [-0.4, -0.2) is 24.3 Å². The van der Waals surface area contributed by atoms with Crippen LogP contribution in [0.25, 0.3) is 0 Å². The molecule has 0 aromatic heterocycles. The van der Waals surface area contributed by atoms with E-state index in [4.69, 9.17) is 26.2 Å². The summed E-state index contributed by atoms with van der Waals surface area (Å²) in [4.78, 5) is 11.1. The van der Waals surface area contributed by atoms with Crippen molar-refractivity contribution in [2.45, 2.75) is 20.4 Å². The number of nitrogens with one attached hydrogen (secondary N) is 1. The van der Waals surface area contributed by atoms with E-state index in [1.54, 1.807) is 12.1 Å². The SMILES string of the molecule is CCOc1ccc(CNc2ccc(Cl)c(C(=O)O)c2)cc1OCC. The normalized spacial score (nSPS) is 10.3. The number of benzene rings is 2. The number of aromatic carboxylic acids is 1. The Morgan fingerprint density at radius 1 is 1.08 bits per heavy atom. The lowest BCUT2D eigenvalue weighted by atomic mass is 10.1. The standard InChI is InChI=1S/C18H20ClNO4/c1-3-23-16-8-5-12(9-17(16)24-4-2)11-20-13-6-7-15(19)14(10-13)18(21)22/h5-10,20H,3-4,11H2,1-2H3,(H,21,22). The van der Waals surface area contributed by atoms with Gasteiger partial charge in [-0.3, -0.25) is 0 Å². The predicted molar refractivity (Wildman–Crippen MR) is 94.5 cm³/mol. The molecule has 0 unspecified atom stereocenters. The molecule has 0 aliphatic carbocycles. The van der Waals surface area contributed by atoms with Gasteiger partial charge in [0.1, 0.15) is 0 Å². The molecule has 2 aromatic rings. The molecule has 0 fully saturated rings. The van der Waals surface area contributed by atoms with E-state index in [9.17, 15) is 4.79 Å². The molecule has 5 nitrogen and oxygen atoms in total. The summed E-state index contributed by atoms with van der Waals surface area (Å²) < 4.78 is 11.1. The minimum atomic E-state index is -1.05. The van der Waals surface area contributed by atoms with Crippen molar-refractivity contribution in [2.24, 2.45) is 0 Å². The third-order valence-electron chi connectivity index (χ3n) is 3.30. The zero-order chi connectivity index (χ0) is 17.5. The van der Waals surface area contributed by atoms with Gasteiger partial charge in [-0.05, 0) is 49.7 Å². The van der Waals surface area contributed by atoms with E-state index in [-0.39, 0.29) is 10.6 Å². The number of hydrogen-bond acceptors (Lipinski definition) is 4. The number of rotatable bonds is 8. The molecule has 0 aliphatic heterocycles. The van der Waals surface area contributed by atoms with E-state index < -0.39 is 5.97 Å². The van der Waals surface area contributed by atoms with Crippen LogP contribution < -0.4 is 14.8 Å². The van der Waals surface area contributed by atoms with Crippen LogP contribution in [0.4, 0.5) is 5.69 Å². The Bertz CT molecular complexity index is 718. The van der Waals surface area contributed by atoms with Gasteiger partial charge in [-0.1, -0.05) is 17.7 Å². The molecule has 2 aromatic carbocycles. The summed E-state index contributed by atoms with van der Waals surface area (Å²) >= 11 is 5.87. The van der Waals surface area contributed by atoms with Crippen LogP contribution >= 0.6 is 11.6 Å². The van der Waals surface area contributed by atoms with E-state index in [1.807, 2.05) is 32.0 Å². The topological polar surface area (TPSA) is 67.8 Å². The Morgan fingerprint density at radius 3 is 2.46 bits per heavy atom. The molecule has 2 N–H and O–H groups in total. The van der Waals surface area contributed by atoms with Gasteiger partial charge in [0.2, 0.25) is 0 Å². The molecular formula is C18H20ClNO4. The molecule has 0 radical (unpaired) electrons. The van der Waals surface area contributed by atoms with Crippen LogP contribution in [0.2, 0.25) is 5.02 Å². The van der Waals surface area contributed by atoms with Gasteiger partial charge in [-0.2, -0.15) is 0 Å². The fourth-order valence-corrected chi connectivity index (χ4v) is 2.41. The molecule has 24 heavy (non-hydrogen) atoms. The van der Waals surface area contributed by atoms with Gasteiger partial charge in [-0.25, -0.2) is 4.79 Å². The maximum absolute atomic E-state index is 11.1. The molecule has 0 saturated carbocycles. The molecular weight excluding hydrogens is 330 g/mol. The molecule has 0 aliphatic rings. The summed E-state index contributed by atoms with van der Waals surface area (Å²) in [5, 5.41) is 12.5. The first-order chi connectivity index (χ1) is 11.5. The second-order valence-corrected chi connectivity index (χ2v) is 5.41. The number of carboxylic acids is 1. The highest BCUT2D eigenvalue weighted by Gasteiger charge is 2.10. The van der Waals surface area contributed by atoms with Crippen LogP contribution in [0.15, 0.2) is 36.4 Å². The van der Waals surface area contributed by atoms with Crippen LogP contribution in [0.3, 0.4) is 0 Å². The molecule has 0 heterocycles. The minimum Gasteiger partial charge on any atom is -0.490 e. The van der Waals surface area contributed by atoms with Gasteiger partial charge in [0.25, 0.3) is 0 Å². The number of halogens is 1. The Balaban J connectivity index is 2.13. The predicted octanol–water partition coefficient (Wildman–Crippen LogP) is 4.45. The van der Waals surface area contributed by atoms with Crippen LogP contribution in [0.1, 0.15) is 29.8 Å². The van der Waals surface area contributed by atoms with Gasteiger partial charge in [-0.15, -0.1) is 0 Å². The molecule has 0 bridgehead atoms. The lowest BCUT2D eigenvalue weighted by molar-refractivity contribution is 0.0697. The molecule has 0 saturated heterocycles. The highest BCUT2D eigenvalue weighted by molar-refractivity contribution is 6.33. The molecule has 2 rings (SSSR count). The number of carboxylic acid groups (broad SMARTS) is 1. The quantitative estimate of drug-likeness (QED) is 0.737. The maximum Gasteiger partial charge on any atom is 0.337 e. The maximum atomic E-state index is 11.1. The van der Waals surface area contributed by atoms with E-state index in [2.05, 4.69) is 5.32 Å². The van der Waals surface area contributed by atoms with Crippen molar-refractivity contribution in [1.29, 1.82) is 0 Å². The van der Waals surface area contributed by atoms with Crippen LogP contribution in [-0.2, 0) is 6.54 Å². The third-order valence-corrected chi connectivity index (χ3v) is 3.63. The van der Waals surface area contributed by atoms with E-state index in [1.165, 1.54) is 6.07 Å². The fourth-order valence-electron chi connectivity index (χ4n) is 2.21. The second-order valence-electron chi connectivity index (χ2n) is 5.00. The summed E-state index contributed by atoms with van der Waals surface area (Å²) in [5.74, 6) is 0.354. The monoisotopic (exact) mass is 349 g/mol. The van der Waals surface area contributed by atoms with Gasteiger partial charge in [0.05, 0.1) is 23.8 Å².